The zero-order valence-electron chi connectivity index (χ0n) is 17.0. The molecular formula is C23H28N4OS. The molecule has 1 fully saturated rings. The molecule has 152 valence electrons. The molecule has 0 aromatic heterocycles. The molecule has 6 heteroatoms. The molecule has 1 saturated heterocycles. The maximum Gasteiger partial charge on any atom is 0.116 e. The zero-order chi connectivity index (χ0) is 19.8. The van der Waals surface area contributed by atoms with E-state index in [1.807, 2.05) is 11.8 Å². The Balaban J connectivity index is 1.54. The Morgan fingerprint density at radius 1 is 1.14 bits per heavy atom. The van der Waals surface area contributed by atoms with Crippen molar-refractivity contribution in [2.75, 3.05) is 45.7 Å². The van der Waals surface area contributed by atoms with E-state index in [9.17, 15) is 0 Å². The fourth-order valence-corrected chi connectivity index (χ4v) is 5.98. The lowest BCUT2D eigenvalue weighted by Gasteiger charge is -2.42. The number of fused-ring (bicyclic) bond motifs is 4. The third-order valence-electron chi connectivity index (χ3n) is 6.28. The van der Waals surface area contributed by atoms with Gasteiger partial charge in [0.05, 0.1) is 22.7 Å². The van der Waals surface area contributed by atoms with Crippen molar-refractivity contribution in [3.8, 4) is 0 Å². The van der Waals surface area contributed by atoms with Crippen molar-refractivity contribution in [3.63, 3.8) is 0 Å². The molecule has 5 rings (SSSR count). The molecular weight excluding hydrogens is 380 g/mol. The van der Waals surface area contributed by atoms with Crippen LogP contribution in [-0.2, 0) is 4.74 Å². The lowest BCUT2D eigenvalue weighted by atomic mass is 9.95. The van der Waals surface area contributed by atoms with E-state index in [1.54, 1.807) is 7.11 Å². The molecule has 3 atom stereocenters. The second-order valence-electron chi connectivity index (χ2n) is 8.05. The summed E-state index contributed by atoms with van der Waals surface area (Å²) in [5.74, 6) is 1.47. The molecule has 0 bridgehead atoms. The zero-order valence-corrected chi connectivity index (χ0v) is 17.9. The van der Waals surface area contributed by atoms with Crippen LogP contribution in [0.5, 0.6) is 0 Å². The van der Waals surface area contributed by atoms with Crippen molar-refractivity contribution in [2.24, 2.45) is 4.99 Å². The number of hydrogen-bond donors (Lipinski definition) is 1. The molecule has 3 aliphatic heterocycles. The molecule has 0 aliphatic carbocycles. The molecule has 2 aromatic carbocycles. The topological polar surface area (TPSA) is 40.1 Å². The molecule has 0 radical (unpaired) electrons. The number of rotatable bonds is 3. The van der Waals surface area contributed by atoms with Crippen molar-refractivity contribution < 1.29 is 4.74 Å². The van der Waals surface area contributed by atoms with Crippen LogP contribution >= 0.6 is 11.8 Å². The van der Waals surface area contributed by atoms with Gasteiger partial charge in [0.1, 0.15) is 5.84 Å². The molecule has 5 nitrogen and oxygen atoms in total. The van der Waals surface area contributed by atoms with Gasteiger partial charge < -0.3 is 15.0 Å². The number of piperazine rings is 1. The Bertz CT molecular complexity index is 917. The number of anilines is 1. The number of nitrogens with one attached hydrogen (secondary N) is 1. The van der Waals surface area contributed by atoms with E-state index in [0.717, 1.165) is 44.0 Å². The summed E-state index contributed by atoms with van der Waals surface area (Å²) in [6.07, 6.45) is 1.05. The summed E-state index contributed by atoms with van der Waals surface area (Å²) in [6, 6.07) is 17.7. The SMILES string of the molecule is COCC[C@H]1CN(C2=Nc3ccccc3NC3Sc4ccccc4C23)CCN1C. The average Bonchev–Trinajstić information content (AvgIpc) is 3.01. The van der Waals surface area contributed by atoms with E-state index in [-0.39, 0.29) is 11.3 Å². The minimum Gasteiger partial charge on any atom is -0.385 e. The van der Waals surface area contributed by atoms with Crippen LogP contribution in [0.4, 0.5) is 11.4 Å². The normalized spacial score (nSPS) is 26.1. The van der Waals surface area contributed by atoms with Crippen LogP contribution in [0.15, 0.2) is 58.4 Å². The number of aliphatic imine (C=N–C) groups is 1. The molecule has 0 amide bonds. The third kappa shape index (κ3) is 3.54. The van der Waals surface area contributed by atoms with Gasteiger partial charge in [0.2, 0.25) is 0 Å². The molecule has 0 saturated carbocycles. The molecule has 3 heterocycles. The van der Waals surface area contributed by atoms with Crippen LogP contribution in [0.3, 0.4) is 0 Å². The standard InChI is InChI=1S/C23H28N4OS/c1-26-12-13-27(15-16(26)11-14-28-2)22-21-17-7-3-6-10-20(17)29-23(21)25-19-9-5-4-8-18(19)24-22/h3-10,16,21,23,25H,11-15H2,1-2H3/t16-,21?,23?/m0/s1. The highest BCUT2D eigenvalue weighted by atomic mass is 32.2. The van der Waals surface area contributed by atoms with Gasteiger partial charge in [0.25, 0.3) is 0 Å². The average molecular weight is 409 g/mol. The second kappa shape index (κ2) is 8.01. The first-order valence-electron chi connectivity index (χ1n) is 10.4. The van der Waals surface area contributed by atoms with Crippen molar-refractivity contribution in [1.29, 1.82) is 0 Å². The number of likely N-dealkylation sites (N-methyl/N-ethyl adjacent to an activating group) is 1. The highest BCUT2D eigenvalue weighted by Gasteiger charge is 2.41. The number of hydrogen-bond acceptors (Lipinski definition) is 6. The minimum absolute atomic E-state index is 0.259. The van der Waals surface area contributed by atoms with Crippen LogP contribution in [0.1, 0.15) is 17.9 Å². The van der Waals surface area contributed by atoms with Gasteiger partial charge in [-0.1, -0.05) is 42.1 Å². The van der Waals surface area contributed by atoms with Gasteiger partial charge in [-0.25, -0.2) is 4.99 Å². The number of ether oxygens (including phenoxy) is 1. The summed E-state index contributed by atoms with van der Waals surface area (Å²) in [4.78, 5) is 11.6. The van der Waals surface area contributed by atoms with Gasteiger partial charge in [-0.3, -0.25) is 4.90 Å². The van der Waals surface area contributed by atoms with Gasteiger partial charge in [0, 0.05) is 44.3 Å². The summed E-state index contributed by atoms with van der Waals surface area (Å²) in [6.45, 7) is 3.85. The van der Waals surface area contributed by atoms with Crippen LogP contribution in [0.2, 0.25) is 0 Å². The lowest BCUT2D eigenvalue weighted by Crippen LogP contribution is -2.55. The van der Waals surface area contributed by atoms with Crippen molar-refractivity contribution in [3.05, 3.63) is 54.1 Å². The van der Waals surface area contributed by atoms with Crippen molar-refractivity contribution >= 4 is 29.0 Å². The highest BCUT2D eigenvalue weighted by Crippen LogP contribution is 2.49. The summed E-state index contributed by atoms with van der Waals surface area (Å²) >= 11 is 1.93. The van der Waals surface area contributed by atoms with Crippen LogP contribution in [-0.4, -0.2) is 67.4 Å². The molecule has 1 N–H and O–H groups in total. The van der Waals surface area contributed by atoms with E-state index in [4.69, 9.17) is 9.73 Å². The minimum atomic E-state index is 0.259. The van der Waals surface area contributed by atoms with E-state index in [1.165, 1.54) is 16.3 Å². The van der Waals surface area contributed by atoms with E-state index < -0.39 is 0 Å². The van der Waals surface area contributed by atoms with Gasteiger partial charge >= 0.3 is 0 Å². The number of amidine groups is 1. The van der Waals surface area contributed by atoms with Crippen LogP contribution in [0, 0.1) is 0 Å². The first-order valence-corrected chi connectivity index (χ1v) is 11.3. The van der Waals surface area contributed by atoms with E-state index >= 15 is 0 Å². The lowest BCUT2D eigenvalue weighted by molar-refractivity contribution is 0.0988. The fraction of sp³-hybridized carbons (Fsp3) is 0.435. The molecule has 0 spiro atoms. The number of methoxy groups -OCH3 is 1. The third-order valence-corrected chi connectivity index (χ3v) is 7.55. The predicted molar refractivity (Wildman–Crippen MR) is 120 cm³/mol. The number of nitrogens with zero attached hydrogens (tertiary/aromatic N) is 3. The van der Waals surface area contributed by atoms with Crippen LogP contribution in [0.25, 0.3) is 0 Å². The van der Waals surface area contributed by atoms with Gasteiger partial charge in [0.15, 0.2) is 0 Å². The number of para-hydroxylation sites is 2. The Kier molecular flexibility index (Phi) is 5.24. The van der Waals surface area contributed by atoms with Gasteiger partial charge in [-0.05, 0) is 37.2 Å². The Hall–Kier alpha value is -2.02. The number of thioether (sulfide) groups is 1. The summed E-state index contributed by atoms with van der Waals surface area (Å²) in [7, 11) is 4.02. The smallest absolute Gasteiger partial charge is 0.116 e. The van der Waals surface area contributed by atoms with Crippen molar-refractivity contribution in [1.82, 2.24) is 9.80 Å². The first-order chi connectivity index (χ1) is 14.2. The van der Waals surface area contributed by atoms with Gasteiger partial charge in [-0.15, -0.1) is 0 Å². The quantitative estimate of drug-likeness (QED) is 0.831. The van der Waals surface area contributed by atoms with E-state index in [2.05, 4.69) is 70.7 Å². The summed E-state index contributed by atoms with van der Waals surface area (Å²) in [5, 5.41) is 4.05. The summed E-state index contributed by atoms with van der Waals surface area (Å²) < 4.78 is 5.37. The Morgan fingerprint density at radius 3 is 2.86 bits per heavy atom. The summed E-state index contributed by atoms with van der Waals surface area (Å²) in [5.41, 5.74) is 3.57. The van der Waals surface area contributed by atoms with Gasteiger partial charge in [-0.2, -0.15) is 0 Å². The Labute approximate surface area is 177 Å². The van der Waals surface area contributed by atoms with Crippen molar-refractivity contribution in [2.45, 2.75) is 28.6 Å². The maximum absolute atomic E-state index is 5.37. The predicted octanol–water partition coefficient (Wildman–Crippen LogP) is 4.01. The molecule has 3 aliphatic rings. The second-order valence-corrected chi connectivity index (χ2v) is 9.23. The van der Waals surface area contributed by atoms with E-state index in [0.29, 0.717) is 6.04 Å². The molecule has 2 aromatic rings. The fourth-order valence-electron chi connectivity index (χ4n) is 4.63. The first kappa shape index (κ1) is 19.0. The monoisotopic (exact) mass is 408 g/mol. The number of benzene rings is 2. The molecule has 29 heavy (non-hydrogen) atoms. The molecule has 2 unspecified atom stereocenters. The highest BCUT2D eigenvalue weighted by molar-refractivity contribution is 8.00. The van der Waals surface area contributed by atoms with Crippen LogP contribution < -0.4 is 5.32 Å². The largest absolute Gasteiger partial charge is 0.385 e. The maximum atomic E-state index is 5.37. The Morgan fingerprint density at radius 2 is 1.97 bits per heavy atom.